The zero-order valence-corrected chi connectivity index (χ0v) is 26.6. The van der Waals surface area contributed by atoms with Gasteiger partial charge in [0.15, 0.2) is 17.5 Å². The second-order valence-electron chi connectivity index (χ2n) is 12.1. The van der Waals surface area contributed by atoms with Crippen molar-refractivity contribution in [3.8, 4) is 51.0 Å². The zero-order chi connectivity index (χ0) is 36.5. The molecular weight excluding hydrogens is 613 g/mol. The van der Waals surface area contributed by atoms with Crippen molar-refractivity contribution in [3.05, 3.63) is 170 Å². The van der Waals surface area contributed by atoms with E-state index in [-0.39, 0.29) is 30.0 Å². The van der Waals surface area contributed by atoms with Crippen LogP contribution in [0, 0.1) is 0 Å². The fourth-order valence-corrected chi connectivity index (χ4v) is 6.78. The van der Waals surface area contributed by atoms with Gasteiger partial charge in [0.1, 0.15) is 11.2 Å². The van der Waals surface area contributed by atoms with Crippen molar-refractivity contribution in [1.29, 1.82) is 0 Å². The highest BCUT2D eigenvalue weighted by atomic mass is 16.3. The van der Waals surface area contributed by atoms with Crippen LogP contribution in [0.4, 0.5) is 0 Å². The summed E-state index contributed by atoms with van der Waals surface area (Å²) in [4.78, 5) is 15.0. The molecule has 0 bridgehead atoms. The van der Waals surface area contributed by atoms with E-state index in [1.165, 1.54) is 0 Å². The minimum Gasteiger partial charge on any atom is -0.455 e. The molecule has 0 amide bonds. The Morgan fingerprint density at radius 2 is 1.12 bits per heavy atom. The normalized spacial score (nSPS) is 12.7. The van der Waals surface area contributed by atoms with Crippen molar-refractivity contribution in [3.63, 3.8) is 0 Å². The maximum absolute atomic E-state index is 9.38. The van der Waals surface area contributed by atoms with Crippen molar-refractivity contribution in [2.24, 2.45) is 0 Å². The maximum Gasteiger partial charge on any atom is 0.167 e. The fraction of sp³-hybridized carbons (Fsp3) is 0. The summed E-state index contributed by atoms with van der Waals surface area (Å²) in [6, 6.07) is 46.8. The lowest BCUT2D eigenvalue weighted by Gasteiger charge is -2.11. The van der Waals surface area contributed by atoms with Gasteiger partial charge < -0.3 is 8.98 Å². The number of hydrogen-bond donors (Lipinski definition) is 0. The Bertz CT molecular complexity index is 3090. The molecule has 0 saturated heterocycles. The SMILES string of the molecule is [2H]c1ccc2c3c([2H])c([2H])c(-c4nc(-c5ccc(-c6ccccc6)cc5)nc(-c5cccc6c5oc5ccccc56)n4)cc3n(-c3ccccc3)c2c1[2H]. The number of benzene rings is 7. The molecule has 234 valence electrons. The third kappa shape index (κ3) is 4.60. The molecule has 3 aromatic heterocycles. The summed E-state index contributed by atoms with van der Waals surface area (Å²) in [5.74, 6) is 1.01. The van der Waals surface area contributed by atoms with E-state index in [1.807, 2.05) is 126 Å². The monoisotopic (exact) mass is 644 g/mol. The zero-order valence-electron chi connectivity index (χ0n) is 30.6. The van der Waals surface area contributed by atoms with Crippen LogP contribution in [0.5, 0.6) is 0 Å². The van der Waals surface area contributed by atoms with Crippen LogP contribution in [-0.2, 0) is 0 Å². The molecule has 10 aromatic rings. The summed E-state index contributed by atoms with van der Waals surface area (Å²) in [6.45, 7) is 0. The van der Waals surface area contributed by atoms with Crippen molar-refractivity contribution < 1.29 is 9.90 Å². The fourth-order valence-electron chi connectivity index (χ4n) is 6.78. The topological polar surface area (TPSA) is 56.7 Å². The molecule has 0 aliphatic heterocycles. The van der Waals surface area contributed by atoms with Gasteiger partial charge in [-0.1, -0.05) is 133 Å². The summed E-state index contributed by atoms with van der Waals surface area (Å²) >= 11 is 0. The third-order valence-corrected chi connectivity index (χ3v) is 9.16. The van der Waals surface area contributed by atoms with Gasteiger partial charge in [-0.3, -0.25) is 0 Å². The molecule has 0 fully saturated rings. The van der Waals surface area contributed by atoms with Crippen molar-refractivity contribution in [1.82, 2.24) is 19.5 Å². The van der Waals surface area contributed by atoms with Crippen LogP contribution in [0.3, 0.4) is 0 Å². The smallest absolute Gasteiger partial charge is 0.167 e. The molecule has 0 saturated carbocycles. The number of rotatable bonds is 5. The Morgan fingerprint density at radius 3 is 1.96 bits per heavy atom. The molecule has 0 spiro atoms. The molecule has 0 radical (unpaired) electrons. The van der Waals surface area contributed by atoms with Gasteiger partial charge in [0.2, 0.25) is 0 Å². The van der Waals surface area contributed by atoms with Crippen LogP contribution in [0.2, 0.25) is 0 Å². The van der Waals surface area contributed by atoms with Crippen LogP contribution in [0.15, 0.2) is 174 Å². The van der Waals surface area contributed by atoms with Crippen molar-refractivity contribution in [2.75, 3.05) is 0 Å². The second kappa shape index (κ2) is 11.4. The number of hydrogen-bond acceptors (Lipinski definition) is 4. The molecule has 0 N–H and O–H groups in total. The highest BCUT2D eigenvalue weighted by Gasteiger charge is 2.19. The Balaban J connectivity index is 1.25. The Hall–Kier alpha value is -6.85. The standard InChI is InChI=1S/C45H28N4O/c1-3-12-29(13-4-1)30-22-24-31(25-23-30)43-46-44(48-45(47-43)38-19-11-18-37-36-17-8-10-21-41(36)50-42(37)38)32-26-27-35-34-16-7-9-20-39(34)49(40(35)28-32)33-14-5-2-6-15-33/h1-28H/i9D,20D,26D,27D. The molecule has 50 heavy (non-hydrogen) atoms. The van der Waals surface area contributed by atoms with Gasteiger partial charge in [0.25, 0.3) is 0 Å². The molecule has 0 aliphatic carbocycles. The maximum atomic E-state index is 9.38. The van der Waals surface area contributed by atoms with Gasteiger partial charge >= 0.3 is 0 Å². The number of aromatic nitrogens is 4. The van der Waals surface area contributed by atoms with Gasteiger partial charge in [-0.2, -0.15) is 0 Å². The minimum atomic E-state index is -0.0550. The molecular formula is C45H28N4O. The first-order valence-corrected chi connectivity index (χ1v) is 16.4. The Morgan fingerprint density at radius 1 is 0.460 bits per heavy atom. The van der Waals surface area contributed by atoms with Crippen LogP contribution in [0.25, 0.3) is 94.7 Å². The summed E-state index contributed by atoms with van der Waals surface area (Å²) in [5, 5.41) is 3.07. The second-order valence-corrected chi connectivity index (χ2v) is 12.1. The number of nitrogens with zero attached hydrogens (tertiary/aromatic N) is 4. The van der Waals surface area contributed by atoms with E-state index in [0.29, 0.717) is 50.2 Å². The van der Waals surface area contributed by atoms with E-state index in [2.05, 4.69) is 12.1 Å². The van der Waals surface area contributed by atoms with Crippen LogP contribution in [-0.4, -0.2) is 19.5 Å². The summed E-state index contributed by atoms with van der Waals surface area (Å²) in [7, 11) is 0. The summed E-state index contributed by atoms with van der Waals surface area (Å²) < 4.78 is 44.4. The van der Waals surface area contributed by atoms with E-state index in [4.69, 9.17) is 22.1 Å². The first-order valence-electron chi connectivity index (χ1n) is 18.4. The van der Waals surface area contributed by atoms with Crippen LogP contribution < -0.4 is 0 Å². The number of para-hydroxylation sites is 4. The molecule has 3 heterocycles. The molecule has 10 rings (SSSR count). The molecule has 0 atom stereocenters. The first kappa shape index (κ1) is 24.3. The Labute approximate surface area is 293 Å². The number of furan rings is 1. The van der Waals surface area contributed by atoms with Gasteiger partial charge in [0.05, 0.1) is 22.1 Å². The molecule has 5 heteroatoms. The predicted octanol–water partition coefficient (Wildman–Crippen LogP) is 11.5. The minimum absolute atomic E-state index is 0.0191. The van der Waals surface area contributed by atoms with Gasteiger partial charge in [0, 0.05) is 38.4 Å². The van der Waals surface area contributed by atoms with Gasteiger partial charge in [-0.25, -0.2) is 15.0 Å². The molecule has 0 unspecified atom stereocenters. The molecule has 5 nitrogen and oxygen atoms in total. The summed E-state index contributed by atoms with van der Waals surface area (Å²) in [6.07, 6.45) is 0. The highest BCUT2D eigenvalue weighted by molar-refractivity contribution is 6.11. The van der Waals surface area contributed by atoms with Gasteiger partial charge in [-0.15, -0.1) is 0 Å². The lowest BCUT2D eigenvalue weighted by Crippen LogP contribution is -2.01. The lowest BCUT2D eigenvalue weighted by molar-refractivity contribution is 0.669. The average molecular weight is 645 g/mol. The predicted molar refractivity (Wildman–Crippen MR) is 203 cm³/mol. The van der Waals surface area contributed by atoms with E-state index >= 15 is 0 Å². The third-order valence-electron chi connectivity index (χ3n) is 9.16. The van der Waals surface area contributed by atoms with E-state index in [1.54, 1.807) is 12.1 Å². The van der Waals surface area contributed by atoms with E-state index < -0.39 is 0 Å². The highest BCUT2D eigenvalue weighted by Crippen LogP contribution is 2.37. The average Bonchev–Trinajstić information content (AvgIpc) is 3.77. The Kier molecular flexibility index (Phi) is 5.54. The van der Waals surface area contributed by atoms with E-state index in [0.717, 1.165) is 38.7 Å². The molecule has 0 aliphatic rings. The van der Waals surface area contributed by atoms with E-state index in [9.17, 15) is 2.74 Å². The quantitative estimate of drug-likeness (QED) is 0.187. The summed E-state index contributed by atoms with van der Waals surface area (Å²) in [5.41, 5.74) is 7.20. The van der Waals surface area contributed by atoms with Crippen LogP contribution >= 0.6 is 0 Å². The van der Waals surface area contributed by atoms with Gasteiger partial charge in [-0.05, 0) is 47.5 Å². The van der Waals surface area contributed by atoms with Crippen LogP contribution in [0.1, 0.15) is 5.48 Å². The van der Waals surface area contributed by atoms with Crippen molar-refractivity contribution >= 4 is 43.7 Å². The number of fused-ring (bicyclic) bond motifs is 6. The largest absolute Gasteiger partial charge is 0.455 e. The lowest BCUT2D eigenvalue weighted by atomic mass is 10.0. The molecule has 7 aromatic carbocycles. The first-order chi connectivity index (χ1) is 26.4. The van der Waals surface area contributed by atoms with Crippen molar-refractivity contribution in [2.45, 2.75) is 0 Å².